The first-order chi connectivity index (χ1) is 6.58. The molecule has 76 valence electrons. The van der Waals surface area contributed by atoms with Gasteiger partial charge in [-0.05, 0) is 17.3 Å². The Bertz CT molecular complexity index is 290. The van der Waals surface area contributed by atoms with Gasteiger partial charge < -0.3 is 0 Å². The van der Waals surface area contributed by atoms with E-state index >= 15 is 0 Å². The maximum absolute atomic E-state index is 11.7. The fourth-order valence-electron chi connectivity index (χ4n) is 0.891. The Balaban J connectivity index is 2.35. The van der Waals surface area contributed by atoms with Crippen LogP contribution in [0.15, 0.2) is 36.4 Å². The smallest absolute Gasteiger partial charge is 0.160 e. The molecule has 0 nitrogen and oxygen atoms in total. The number of alkyl halides is 3. The van der Waals surface area contributed by atoms with Crippen molar-refractivity contribution in [3.05, 3.63) is 42.0 Å². The average molecular weight is 218 g/mol. The molecule has 1 aromatic rings. The summed E-state index contributed by atoms with van der Waals surface area (Å²) in [4.78, 5) is 0. The minimum absolute atomic E-state index is 0.0340. The van der Waals surface area contributed by atoms with Crippen molar-refractivity contribution < 1.29 is 13.2 Å². The third-order valence-electron chi connectivity index (χ3n) is 1.45. The summed E-state index contributed by atoms with van der Waals surface area (Å²) < 4.78 is 35.1. The second-order valence-corrected chi connectivity index (χ2v) is 3.65. The van der Waals surface area contributed by atoms with Crippen LogP contribution in [0.4, 0.5) is 13.2 Å². The molecule has 0 spiro atoms. The monoisotopic (exact) mass is 218 g/mol. The summed E-state index contributed by atoms with van der Waals surface area (Å²) in [5.41, 5.74) is -3.23. The first kappa shape index (κ1) is 11.2. The molecule has 0 saturated carbocycles. The Morgan fingerprint density at radius 2 is 1.79 bits per heavy atom. The predicted octanol–water partition coefficient (Wildman–Crippen LogP) is 3.95. The van der Waals surface area contributed by atoms with Crippen molar-refractivity contribution >= 4 is 17.8 Å². The minimum Gasteiger partial charge on any atom is -0.160 e. The number of thioether (sulfide) groups is 1. The zero-order valence-corrected chi connectivity index (χ0v) is 8.11. The zero-order chi connectivity index (χ0) is 10.4. The Kier molecular flexibility index (Phi) is 4.07. The van der Waals surface area contributed by atoms with Gasteiger partial charge in [0.25, 0.3) is 0 Å². The van der Waals surface area contributed by atoms with Crippen molar-refractivity contribution in [3.8, 4) is 0 Å². The van der Waals surface area contributed by atoms with Gasteiger partial charge in [0.05, 0.1) is 0 Å². The lowest BCUT2D eigenvalue weighted by molar-refractivity contribution is -0.0326. The highest BCUT2D eigenvalue weighted by Gasteiger charge is 2.26. The maximum atomic E-state index is 11.7. The van der Waals surface area contributed by atoms with E-state index in [-0.39, 0.29) is 17.5 Å². The van der Waals surface area contributed by atoms with Crippen molar-refractivity contribution in [2.75, 3.05) is 5.75 Å². The van der Waals surface area contributed by atoms with Crippen LogP contribution in [-0.4, -0.2) is 11.3 Å². The molecule has 1 rings (SSSR count). The molecule has 0 aromatic heterocycles. The highest BCUT2D eigenvalue weighted by atomic mass is 32.2. The van der Waals surface area contributed by atoms with Crippen molar-refractivity contribution in [1.82, 2.24) is 0 Å². The normalized spacial score (nSPS) is 12.2. The molecule has 0 heterocycles. The summed E-state index contributed by atoms with van der Waals surface area (Å²) in [6.07, 6.45) is 3.19. The maximum Gasteiger partial charge on any atom is 0.442 e. The van der Waals surface area contributed by atoms with Gasteiger partial charge >= 0.3 is 5.51 Å². The van der Waals surface area contributed by atoms with Gasteiger partial charge in [-0.2, -0.15) is 13.2 Å². The summed E-state index contributed by atoms with van der Waals surface area (Å²) in [6, 6.07) is 9.23. The van der Waals surface area contributed by atoms with E-state index in [2.05, 4.69) is 0 Å². The molecule has 1 aromatic carbocycles. The van der Waals surface area contributed by atoms with Crippen LogP contribution in [0.25, 0.3) is 6.08 Å². The fraction of sp³-hybridized carbons (Fsp3) is 0.200. The van der Waals surface area contributed by atoms with Crippen LogP contribution < -0.4 is 0 Å². The number of hydrogen-bond acceptors (Lipinski definition) is 1. The lowest BCUT2D eigenvalue weighted by Gasteiger charge is -2.01. The summed E-state index contributed by atoms with van der Waals surface area (Å²) in [6.45, 7) is 0. The topological polar surface area (TPSA) is 0 Å². The van der Waals surface area contributed by atoms with E-state index in [0.717, 1.165) is 5.56 Å². The Labute approximate surface area is 84.8 Å². The van der Waals surface area contributed by atoms with E-state index < -0.39 is 5.51 Å². The molecule has 0 saturated heterocycles. The summed E-state index contributed by atoms with van der Waals surface area (Å²) in [5.74, 6) is -0.0433. The molecule has 0 atom stereocenters. The van der Waals surface area contributed by atoms with Gasteiger partial charge in [-0.15, -0.1) is 0 Å². The quantitative estimate of drug-likeness (QED) is 0.740. The summed E-state index contributed by atoms with van der Waals surface area (Å²) >= 11 is -0.0340. The van der Waals surface area contributed by atoms with Gasteiger partial charge in [0.15, 0.2) is 0 Å². The van der Waals surface area contributed by atoms with Crippen molar-refractivity contribution in [2.24, 2.45) is 0 Å². The first-order valence-electron chi connectivity index (χ1n) is 4.00. The van der Waals surface area contributed by atoms with E-state index in [1.807, 2.05) is 30.3 Å². The zero-order valence-electron chi connectivity index (χ0n) is 7.29. The van der Waals surface area contributed by atoms with Crippen LogP contribution in [-0.2, 0) is 0 Å². The van der Waals surface area contributed by atoms with Crippen LogP contribution in [0.1, 0.15) is 5.56 Å². The largest absolute Gasteiger partial charge is 0.442 e. The average Bonchev–Trinajstić information content (AvgIpc) is 2.13. The molecule has 0 aliphatic rings. The molecular weight excluding hydrogens is 209 g/mol. The number of rotatable bonds is 3. The molecule has 14 heavy (non-hydrogen) atoms. The molecular formula is C10H9F3S. The van der Waals surface area contributed by atoms with E-state index in [1.165, 1.54) is 6.08 Å². The van der Waals surface area contributed by atoms with Gasteiger partial charge in [-0.25, -0.2) is 0 Å². The van der Waals surface area contributed by atoms with Crippen LogP contribution in [0.3, 0.4) is 0 Å². The Hall–Kier alpha value is -0.900. The van der Waals surface area contributed by atoms with E-state index in [0.29, 0.717) is 0 Å². The van der Waals surface area contributed by atoms with E-state index in [4.69, 9.17) is 0 Å². The molecule has 0 bridgehead atoms. The van der Waals surface area contributed by atoms with E-state index in [1.54, 1.807) is 6.08 Å². The minimum atomic E-state index is -4.14. The highest BCUT2D eigenvalue weighted by Crippen LogP contribution is 2.29. The molecule has 0 radical (unpaired) electrons. The molecule has 0 unspecified atom stereocenters. The van der Waals surface area contributed by atoms with Crippen LogP contribution >= 0.6 is 11.8 Å². The first-order valence-corrected chi connectivity index (χ1v) is 4.99. The predicted molar refractivity (Wildman–Crippen MR) is 54.0 cm³/mol. The second kappa shape index (κ2) is 5.10. The molecule has 0 aliphatic heterocycles. The Morgan fingerprint density at radius 1 is 1.14 bits per heavy atom. The van der Waals surface area contributed by atoms with Crippen LogP contribution in [0.2, 0.25) is 0 Å². The van der Waals surface area contributed by atoms with Gasteiger partial charge in [-0.1, -0.05) is 42.5 Å². The SMILES string of the molecule is FC(F)(F)SCC=Cc1ccccc1. The van der Waals surface area contributed by atoms with Crippen molar-refractivity contribution in [3.63, 3.8) is 0 Å². The van der Waals surface area contributed by atoms with Gasteiger partial charge in [-0.3, -0.25) is 0 Å². The molecule has 0 aliphatic carbocycles. The third-order valence-corrected chi connectivity index (χ3v) is 2.14. The molecule has 0 fully saturated rings. The molecule has 4 heteroatoms. The third kappa shape index (κ3) is 4.97. The summed E-state index contributed by atoms with van der Waals surface area (Å²) in [7, 11) is 0. The highest BCUT2D eigenvalue weighted by molar-refractivity contribution is 8.00. The number of halogens is 3. The second-order valence-electron chi connectivity index (χ2n) is 2.57. The van der Waals surface area contributed by atoms with Crippen molar-refractivity contribution in [2.45, 2.75) is 5.51 Å². The Morgan fingerprint density at radius 3 is 2.36 bits per heavy atom. The number of hydrogen-bond donors (Lipinski definition) is 0. The van der Waals surface area contributed by atoms with Gasteiger partial charge in [0.1, 0.15) is 0 Å². The molecule has 0 amide bonds. The lowest BCUT2D eigenvalue weighted by atomic mass is 10.2. The summed E-state index contributed by atoms with van der Waals surface area (Å²) in [5, 5.41) is 0. The van der Waals surface area contributed by atoms with Crippen LogP contribution in [0, 0.1) is 0 Å². The fourth-order valence-corrected chi connectivity index (χ4v) is 1.27. The van der Waals surface area contributed by atoms with E-state index in [9.17, 15) is 13.2 Å². The lowest BCUT2D eigenvalue weighted by Crippen LogP contribution is -1.99. The van der Waals surface area contributed by atoms with Gasteiger partial charge in [0.2, 0.25) is 0 Å². The van der Waals surface area contributed by atoms with Gasteiger partial charge in [0, 0.05) is 5.75 Å². The molecule has 0 N–H and O–H groups in total. The van der Waals surface area contributed by atoms with Crippen LogP contribution in [0.5, 0.6) is 0 Å². The standard InChI is InChI=1S/C10H9F3S/c11-10(12,13)14-8-4-7-9-5-2-1-3-6-9/h1-7H,8H2. The number of benzene rings is 1. The van der Waals surface area contributed by atoms with Crippen molar-refractivity contribution in [1.29, 1.82) is 0 Å².